The average Bonchev–Trinajstić information content (AvgIpc) is 2.37. The Labute approximate surface area is 102 Å². The number of carbonyl (C=O) groups is 1. The largest absolute Gasteiger partial charge is 0.482 e. The molecule has 0 saturated heterocycles. The molecule has 92 valence electrons. The van der Waals surface area contributed by atoms with Crippen LogP contribution in [0.3, 0.4) is 0 Å². The number of rotatable bonds is 7. The molecule has 1 aromatic rings. The minimum absolute atomic E-state index is 0.371. The molecule has 0 unspecified atom stereocenters. The van der Waals surface area contributed by atoms with Gasteiger partial charge in [-0.3, -0.25) is 0 Å². The van der Waals surface area contributed by atoms with Gasteiger partial charge in [-0.15, -0.1) is 0 Å². The lowest BCUT2D eigenvalue weighted by molar-refractivity contribution is -0.154. The Morgan fingerprint density at radius 1 is 1.41 bits per heavy atom. The average molecular weight is 234 g/mol. The number of unbranched alkanes of at least 4 members (excludes halogenated alkanes) is 1. The van der Waals surface area contributed by atoms with E-state index in [-0.39, 0.29) is 5.97 Å². The zero-order valence-corrected chi connectivity index (χ0v) is 10.1. The standard InChI is InChI=1S/C14H18O3/c1-3-5-11-17-14(15)13(16-4-2)12-9-7-6-8-10-12/h4,6-10,13H,2-3,5,11H2,1H3/t13-/m0/s1. The number of esters is 1. The van der Waals surface area contributed by atoms with Gasteiger partial charge in [0.25, 0.3) is 0 Å². The maximum atomic E-state index is 11.8. The van der Waals surface area contributed by atoms with Crippen LogP contribution in [0.15, 0.2) is 43.2 Å². The van der Waals surface area contributed by atoms with Crippen LogP contribution in [0.1, 0.15) is 31.4 Å². The summed E-state index contributed by atoms with van der Waals surface area (Å²) in [5.41, 5.74) is 0.772. The predicted octanol–water partition coefficient (Wildman–Crippen LogP) is 3.23. The quantitative estimate of drug-likeness (QED) is 0.413. The second-order valence-corrected chi connectivity index (χ2v) is 3.61. The van der Waals surface area contributed by atoms with E-state index in [1.165, 1.54) is 6.26 Å². The van der Waals surface area contributed by atoms with Gasteiger partial charge >= 0.3 is 5.97 Å². The van der Waals surface area contributed by atoms with Crippen molar-refractivity contribution >= 4 is 5.97 Å². The third kappa shape index (κ3) is 4.31. The zero-order valence-electron chi connectivity index (χ0n) is 10.1. The van der Waals surface area contributed by atoms with Crippen LogP contribution < -0.4 is 0 Å². The molecule has 0 radical (unpaired) electrons. The van der Waals surface area contributed by atoms with Crippen LogP contribution >= 0.6 is 0 Å². The van der Waals surface area contributed by atoms with Crippen LogP contribution in [-0.4, -0.2) is 12.6 Å². The van der Waals surface area contributed by atoms with Crippen LogP contribution in [0, 0.1) is 0 Å². The van der Waals surface area contributed by atoms with Gasteiger partial charge in [0.15, 0.2) is 0 Å². The first-order chi connectivity index (χ1) is 8.29. The second kappa shape index (κ2) is 7.49. The first-order valence-electron chi connectivity index (χ1n) is 5.77. The van der Waals surface area contributed by atoms with Crippen molar-refractivity contribution in [1.29, 1.82) is 0 Å². The molecule has 0 aliphatic rings. The third-order valence-corrected chi connectivity index (χ3v) is 2.29. The number of ether oxygens (including phenoxy) is 2. The molecule has 3 nitrogen and oxygen atoms in total. The van der Waals surface area contributed by atoms with E-state index in [9.17, 15) is 4.79 Å². The smallest absolute Gasteiger partial charge is 0.352 e. The van der Waals surface area contributed by atoms with Crippen molar-refractivity contribution in [2.75, 3.05) is 6.61 Å². The van der Waals surface area contributed by atoms with Gasteiger partial charge in [-0.2, -0.15) is 0 Å². The monoisotopic (exact) mass is 234 g/mol. The second-order valence-electron chi connectivity index (χ2n) is 3.61. The number of benzene rings is 1. The lowest BCUT2D eigenvalue weighted by Crippen LogP contribution is -2.17. The summed E-state index contributed by atoms with van der Waals surface area (Å²) in [7, 11) is 0. The summed E-state index contributed by atoms with van der Waals surface area (Å²) in [4.78, 5) is 11.8. The minimum Gasteiger partial charge on any atom is -0.482 e. The van der Waals surface area contributed by atoms with Crippen LogP contribution in [0.4, 0.5) is 0 Å². The molecule has 0 N–H and O–H groups in total. The van der Waals surface area contributed by atoms with E-state index >= 15 is 0 Å². The Morgan fingerprint density at radius 3 is 2.71 bits per heavy atom. The van der Waals surface area contributed by atoms with Gasteiger partial charge in [-0.05, 0) is 6.42 Å². The van der Waals surface area contributed by atoms with Crippen LogP contribution in [0.2, 0.25) is 0 Å². The molecule has 3 heteroatoms. The van der Waals surface area contributed by atoms with E-state index in [2.05, 4.69) is 6.58 Å². The molecule has 0 amide bonds. The maximum Gasteiger partial charge on any atom is 0.352 e. The fraction of sp³-hybridized carbons (Fsp3) is 0.357. The van der Waals surface area contributed by atoms with Gasteiger partial charge < -0.3 is 9.47 Å². The summed E-state index contributed by atoms with van der Waals surface area (Å²) in [5.74, 6) is -0.371. The Kier molecular flexibility index (Phi) is 5.86. The zero-order chi connectivity index (χ0) is 12.5. The predicted molar refractivity (Wildman–Crippen MR) is 66.3 cm³/mol. The van der Waals surface area contributed by atoms with Crippen molar-refractivity contribution in [2.45, 2.75) is 25.9 Å². The fourth-order valence-corrected chi connectivity index (χ4v) is 1.39. The summed E-state index contributed by atoms with van der Waals surface area (Å²) in [5, 5.41) is 0. The topological polar surface area (TPSA) is 35.5 Å². The normalized spacial score (nSPS) is 11.6. The van der Waals surface area contributed by atoms with Crippen molar-refractivity contribution in [1.82, 2.24) is 0 Å². The molecule has 0 bridgehead atoms. The maximum absolute atomic E-state index is 11.8. The highest BCUT2D eigenvalue weighted by molar-refractivity contribution is 5.76. The molecule has 0 heterocycles. The number of carbonyl (C=O) groups excluding carboxylic acids is 1. The third-order valence-electron chi connectivity index (χ3n) is 2.29. The van der Waals surface area contributed by atoms with Crippen molar-refractivity contribution in [3.05, 3.63) is 48.7 Å². The molecule has 17 heavy (non-hydrogen) atoms. The number of hydrogen-bond donors (Lipinski definition) is 0. The van der Waals surface area contributed by atoms with Gasteiger partial charge in [0.05, 0.1) is 12.9 Å². The minimum atomic E-state index is -0.717. The molecule has 0 aromatic heterocycles. The van der Waals surface area contributed by atoms with Crippen LogP contribution in [0.25, 0.3) is 0 Å². The summed E-state index contributed by atoms with van der Waals surface area (Å²) in [6.07, 6.45) is 2.40. The SMILES string of the molecule is C=CO[C@H](C(=O)OCCCC)c1ccccc1. The lowest BCUT2D eigenvalue weighted by atomic mass is 10.1. The molecule has 1 atom stereocenters. The van der Waals surface area contributed by atoms with Crippen LogP contribution in [0.5, 0.6) is 0 Å². The first-order valence-corrected chi connectivity index (χ1v) is 5.77. The first kappa shape index (κ1) is 13.3. The highest BCUT2D eigenvalue weighted by atomic mass is 16.6. The fourth-order valence-electron chi connectivity index (χ4n) is 1.39. The molecular formula is C14H18O3. The van der Waals surface area contributed by atoms with E-state index in [4.69, 9.17) is 9.47 Å². The van der Waals surface area contributed by atoms with Gasteiger partial charge in [0, 0.05) is 5.56 Å². The molecular weight excluding hydrogens is 216 g/mol. The van der Waals surface area contributed by atoms with Gasteiger partial charge in [0.2, 0.25) is 6.10 Å². The molecule has 0 aliphatic carbocycles. The van der Waals surface area contributed by atoms with E-state index in [1.54, 1.807) is 0 Å². The van der Waals surface area contributed by atoms with Crippen LogP contribution in [-0.2, 0) is 14.3 Å². The van der Waals surface area contributed by atoms with Crippen molar-refractivity contribution < 1.29 is 14.3 Å². The van der Waals surface area contributed by atoms with E-state index in [0.717, 1.165) is 18.4 Å². The highest BCUT2D eigenvalue weighted by Gasteiger charge is 2.22. The Morgan fingerprint density at radius 2 is 2.12 bits per heavy atom. The summed E-state index contributed by atoms with van der Waals surface area (Å²) in [6, 6.07) is 9.25. The summed E-state index contributed by atoms with van der Waals surface area (Å²) in [6.45, 7) is 5.95. The summed E-state index contributed by atoms with van der Waals surface area (Å²) >= 11 is 0. The van der Waals surface area contributed by atoms with E-state index in [1.807, 2.05) is 37.3 Å². The Hall–Kier alpha value is -1.77. The van der Waals surface area contributed by atoms with Crippen molar-refractivity contribution in [2.24, 2.45) is 0 Å². The van der Waals surface area contributed by atoms with Gasteiger partial charge in [-0.1, -0.05) is 50.3 Å². The van der Waals surface area contributed by atoms with Gasteiger partial charge in [-0.25, -0.2) is 4.79 Å². The van der Waals surface area contributed by atoms with E-state index < -0.39 is 6.10 Å². The molecule has 0 spiro atoms. The van der Waals surface area contributed by atoms with E-state index in [0.29, 0.717) is 6.61 Å². The molecule has 0 fully saturated rings. The molecule has 0 saturated carbocycles. The summed E-state index contributed by atoms with van der Waals surface area (Å²) < 4.78 is 10.3. The lowest BCUT2D eigenvalue weighted by Gasteiger charge is -2.15. The molecule has 1 aromatic carbocycles. The van der Waals surface area contributed by atoms with Gasteiger partial charge in [0.1, 0.15) is 0 Å². The Balaban J connectivity index is 2.65. The van der Waals surface area contributed by atoms with Crippen molar-refractivity contribution in [3.63, 3.8) is 0 Å². The molecule has 1 rings (SSSR count). The van der Waals surface area contributed by atoms with Crippen molar-refractivity contribution in [3.8, 4) is 0 Å². The Bertz CT molecular complexity index is 346. The highest BCUT2D eigenvalue weighted by Crippen LogP contribution is 2.19. The molecule has 0 aliphatic heterocycles. The number of hydrogen-bond acceptors (Lipinski definition) is 3.